The molecule has 0 saturated heterocycles. The van der Waals surface area contributed by atoms with Crippen molar-refractivity contribution in [1.82, 2.24) is 5.32 Å². The Morgan fingerprint density at radius 1 is 1.07 bits per heavy atom. The molecule has 6 nitrogen and oxygen atoms in total. The molecule has 1 aromatic rings. The topological polar surface area (TPSA) is 92.3 Å². The van der Waals surface area contributed by atoms with Crippen LogP contribution in [0, 0.1) is 26.7 Å². The van der Waals surface area contributed by atoms with Crippen molar-refractivity contribution in [3.05, 3.63) is 28.8 Å². The predicted molar refractivity (Wildman–Crippen MR) is 121 cm³/mol. The molecule has 2 rings (SSSR count). The Morgan fingerprint density at radius 2 is 1.67 bits per heavy atom. The Labute approximate surface area is 181 Å². The summed E-state index contributed by atoms with van der Waals surface area (Å²) < 4.78 is 25.0. The minimum Gasteiger partial charge on any atom is -0.355 e. The molecule has 1 aromatic carbocycles. The molecule has 0 aromatic heterocycles. The zero-order valence-electron chi connectivity index (χ0n) is 18.7. The number of hydrogen-bond acceptors (Lipinski definition) is 4. The molecule has 1 atom stereocenters. The number of carbonyl (C=O) groups is 2. The number of rotatable bonds is 9. The van der Waals surface area contributed by atoms with E-state index in [-0.39, 0.29) is 24.5 Å². The van der Waals surface area contributed by atoms with Crippen LogP contribution in [-0.4, -0.2) is 37.8 Å². The van der Waals surface area contributed by atoms with Crippen molar-refractivity contribution < 1.29 is 18.0 Å². The molecule has 0 bridgehead atoms. The number of hydrogen-bond donors (Lipinski definition) is 2. The van der Waals surface area contributed by atoms with Gasteiger partial charge in [0.2, 0.25) is 11.8 Å². The van der Waals surface area contributed by atoms with Crippen molar-refractivity contribution in [3.63, 3.8) is 0 Å². The molecule has 0 heterocycles. The molecule has 1 fully saturated rings. The third-order valence-corrected chi connectivity index (χ3v) is 8.12. The number of anilines is 1. The molecule has 0 radical (unpaired) electrons. The summed E-state index contributed by atoms with van der Waals surface area (Å²) in [7, 11) is -3.59. The molecule has 1 unspecified atom stereocenters. The minimum atomic E-state index is -3.59. The summed E-state index contributed by atoms with van der Waals surface area (Å²) in [5.41, 5.74) is 3.88. The van der Waals surface area contributed by atoms with Gasteiger partial charge in [-0.25, -0.2) is 8.42 Å². The first-order chi connectivity index (χ1) is 14.1. The van der Waals surface area contributed by atoms with E-state index in [1.54, 1.807) is 0 Å². The highest BCUT2D eigenvalue weighted by Gasteiger charge is 2.28. The van der Waals surface area contributed by atoms with E-state index in [0.717, 1.165) is 35.2 Å². The largest absolute Gasteiger partial charge is 0.355 e. The van der Waals surface area contributed by atoms with Crippen LogP contribution in [0.5, 0.6) is 0 Å². The van der Waals surface area contributed by atoms with E-state index in [4.69, 9.17) is 0 Å². The van der Waals surface area contributed by atoms with Crippen LogP contribution < -0.4 is 10.6 Å². The summed E-state index contributed by atoms with van der Waals surface area (Å²) in [5.74, 6) is -0.370. The Bertz CT molecular complexity index is 835. The summed E-state index contributed by atoms with van der Waals surface area (Å²) in [4.78, 5) is 24.6. The fourth-order valence-corrected chi connectivity index (χ4v) is 5.44. The van der Waals surface area contributed by atoms with Gasteiger partial charge < -0.3 is 10.6 Å². The smallest absolute Gasteiger partial charge is 0.238 e. The molecule has 2 N–H and O–H groups in total. The highest BCUT2D eigenvalue weighted by Crippen LogP contribution is 2.23. The summed E-state index contributed by atoms with van der Waals surface area (Å²) in [6.45, 7) is 7.87. The highest BCUT2D eigenvalue weighted by atomic mass is 32.2. The Balaban J connectivity index is 1.79. The lowest BCUT2D eigenvalue weighted by Crippen LogP contribution is -2.41. The van der Waals surface area contributed by atoms with Crippen LogP contribution in [0.3, 0.4) is 0 Å². The van der Waals surface area contributed by atoms with E-state index < -0.39 is 21.0 Å². The molecule has 7 heteroatoms. The lowest BCUT2D eigenvalue weighted by Gasteiger charge is -2.22. The maximum Gasteiger partial charge on any atom is 0.238 e. The molecule has 0 aliphatic heterocycles. The van der Waals surface area contributed by atoms with Gasteiger partial charge in [-0.05, 0) is 64.0 Å². The molecule has 0 spiro atoms. The lowest BCUT2D eigenvalue weighted by atomic mass is 9.89. The first-order valence-corrected chi connectivity index (χ1v) is 12.7. The van der Waals surface area contributed by atoms with Crippen molar-refractivity contribution in [2.75, 3.05) is 17.6 Å². The van der Waals surface area contributed by atoms with E-state index in [2.05, 4.69) is 10.6 Å². The predicted octanol–water partition coefficient (Wildman–Crippen LogP) is 3.83. The monoisotopic (exact) mass is 436 g/mol. The van der Waals surface area contributed by atoms with Crippen LogP contribution >= 0.6 is 0 Å². The van der Waals surface area contributed by atoms with E-state index in [1.165, 1.54) is 26.2 Å². The van der Waals surface area contributed by atoms with Crippen LogP contribution in [0.15, 0.2) is 12.1 Å². The summed E-state index contributed by atoms with van der Waals surface area (Å²) in [5, 5.41) is 4.61. The average molecular weight is 437 g/mol. The standard InChI is InChI=1S/C23H36N2O4S/c1-16-13-17(2)22(18(3)14-16)25-21(26)11-8-12-30(28,29)19(4)23(27)24-15-20-9-6-5-7-10-20/h13-14,19-20H,5-12,15H2,1-4H3,(H,24,27)(H,25,26). The van der Waals surface area contributed by atoms with Gasteiger partial charge in [-0.1, -0.05) is 37.0 Å². The van der Waals surface area contributed by atoms with Gasteiger partial charge >= 0.3 is 0 Å². The summed E-state index contributed by atoms with van der Waals surface area (Å²) in [6.07, 6.45) is 6.08. The maximum atomic E-state index is 12.5. The average Bonchev–Trinajstić information content (AvgIpc) is 2.69. The van der Waals surface area contributed by atoms with Crippen LogP contribution in [0.1, 0.15) is 68.6 Å². The van der Waals surface area contributed by atoms with Crippen molar-refractivity contribution >= 4 is 27.3 Å². The van der Waals surface area contributed by atoms with Gasteiger partial charge in [0.1, 0.15) is 5.25 Å². The van der Waals surface area contributed by atoms with Gasteiger partial charge in [-0.3, -0.25) is 9.59 Å². The van der Waals surface area contributed by atoms with Crippen LogP contribution in [0.2, 0.25) is 0 Å². The van der Waals surface area contributed by atoms with Crippen LogP contribution in [0.4, 0.5) is 5.69 Å². The van der Waals surface area contributed by atoms with Gasteiger partial charge in [-0.2, -0.15) is 0 Å². The molecular weight excluding hydrogens is 400 g/mol. The van der Waals surface area contributed by atoms with E-state index in [0.29, 0.717) is 12.5 Å². The molecule has 2 amide bonds. The molecule has 1 saturated carbocycles. The van der Waals surface area contributed by atoms with Gasteiger partial charge in [0.15, 0.2) is 9.84 Å². The second kappa shape index (κ2) is 10.9. The molecule has 30 heavy (non-hydrogen) atoms. The molecule has 1 aliphatic rings. The summed E-state index contributed by atoms with van der Waals surface area (Å²) >= 11 is 0. The van der Waals surface area contributed by atoms with Gasteiger partial charge in [0.05, 0.1) is 5.75 Å². The van der Waals surface area contributed by atoms with Gasteiger partial charge in [-0.15, -0.1) is 0 Å². The van der Waals surface area contributed by atoms with Crippen molar-refractivity contribution in [3.8, 4) is 0 Å². The fraction of sp³-hybridized carbons (Fsp3) is 0.652. The van der Waals surface area contributed by atoms with Gasteiger partial charge in [0, 0.05) is 18.7 Å². The van der Waals surface area contributed by atoms with Gasteiger partial charge in [0.25, 0.3) is 0 Å². The third kappa shape index (κ3) is 7.11. The highest BCUT2D eigenvalue weighted by molar-refractivity contribution is 7.92. The molecule has 1 aliphatic carbocycles. The first-order valence-electron chi connectivity index (χ1n) is 11.0. The SMILES string of the molecule is Cc1cc(C)c(NC(=O)CCCS(=O)(=O)C(C)C(=O)NCC2CCCCC2)c(C)c1. The molecule has 168 valence electrons. The fourth-order valence-electron chi connectivity index (χ4n) is 4.13. The van der Waals surface area contributed by atoms with Crippen molar-refractivity contribution in [1.29, 1.82) is 0 Å². The van der Waals surface area contributed by atoms with Crippen LogP contribution in [-0.2, 0) is 19.4 Å². The zero-order valence-corrected chi connectivity index (χ0v) is 19.5. The van der Waals surface area contributed by atoms with Crippen LogP contribution in [0.25, 0.3) is 0 Å². The minimum absolute atomic E-state index is 0.0996. The number of benzene rings is 1. The van der Waals surface area contributed by atoms with E-state index in [1.807, 2.05) is 32.9 Å². The number of amides is 2. The summed E-state index contributed by atoms with van der Waals surface area (Å²) in [6, 6.07) is 4.00. The van der Waals surface area contributed by atoms with E-state index >= 15 is 0 Å². The normalized spacial score (nSPS) is 16.1. The van der Waals surface area contributed by atoms with Crippen molar-refractivity contribution in [2.45, 2.75) is 77.9 Å². The third-order valence-electron chi connectivity index (χ3n) is 5.97. The second-order valence-electron chi connectivity index (χ2n) is 8.68. The lowest BCUT2D eigenvalue weighted by molar-refractivity contribution is -0.120. The Hall–Kier alpha value is -1.89. The second-order valence-corrected chi connectivity index (χ2v) is 11.1. The van der Waals surface area contributed by atoms with E-state index in [9.17, 15) is 18.0 Å². The van der Waals surface area contributed by atoms with Crippen molar-refractivity contribution in [2.24, 2.45) is 5.92 Å². The number of aryl methyl sites for hydroxylation is 3. The Kier molecular flexibility index (Phi) is 8.89. The number of sulfone groups is 1. The maximum absolute atomic E-state index is 12.5. The quantitative estimate of drug-likeness (QED) is 0.615. The zero-order chi connectivity index (χ0) is 22.3. The number of carbonyl (C=O) groups excluding carboxylic acids is 2. The first kappa shape index (κ1) is 24.4. The number of nitrogens with one attached hydrogen (secondary N) is 2. The Morgan fingerprint density at radius 3 is 2.27 bits per heavy atom. The molecular formula is C23H36N2O4S.